The normalized spacial score (nSPS) is 11.6. The van der Waals surface area contributed by atoms with E-state index < -0.39 is 17.6 Å². The summed E-state index contributed by atoms with van der Waals surface area (Å²) in [5, 5.41) is 5.55. The summed E-state index contributed by atoms with van der Waals surface area (Å²) in [4.78, 5) is 19.1. The van der Waals surface area contributed by atoms with E-state index in [1.807, 2.05) is 18.2 Å². The molecule has 0 saturated carbocycles. The molecule has 192 valence electrons. The number of carbonyl (C=O) groups is 1. The summed E-state index contributed by atoms with van der Waals surface area (Å²) in [7, 11) is 0. The Bertz CT molecular complexity index is 1360. The first-order valence-electron chi connectivity index (χ1n) is 11.3. The van der Waals surface area contributed by atoms with Gasteiger partial charge in [0.05, 0.1) is 12.1 Å². The lowest BCUT2D eigenvalue weighted by molar-refractivity contribution is -0.137. The molecule has 1 amide bonds. The molecule has 0 saturated heterocycles. The van der Waals surface area contributed by atoms with Crippen molar-refractivity contribution in [3.63, 3.8) is 0 Å². The van der Waals surface area contributed by atoms with Gasteiger partial charge in [-0.25, -0.2) is 9.37 Å². The van der Waals surface area contributed by atoms with E-state index in [1.165, 1.54) is 35.6 Å². The fourth-order valence-electron chi connectivity index (χ4n) is 3.72. The van der Waals surface area contributed by atoms with Gasteiger partial charge in [0, 0.05) is 30.0 Å². The summed E-state index contributed by atoms with van der Waals surface area (Å²) in [5.41, 5.74) is 1.67. The number of nitrogens with one attached hydrogen (secondary N) is 1. The first-order valence-corrected chi connectivity index (χ1v) is 12.5. The highest BCUT2D eigenvalue weighted by Crippen LogP contribution is 2.29. The Balaban J connectivity index is 1.42. The van der Waals surface area contributed by atoms with Gasteiger partial charge >= 0.3 is 6.18 Å². The maximum Gasteiger partial charge on any atom is 0.416 e. The monoisotopic (exact) mass is 547 g/mol. The van der Waals surface area contributed by atoms with Gasteiger partial charge < -0.3 is 5.32 Å². The number of amides is 1. The van der Waals surface area contributed by atoms with Crippen molar-refractivity contribution in [1.29, 1.82) is 0 Å². The van der Waals surface area contributed by atoms with Gasteiger partial charge in [0.2, 0.25) is 0 Å². The molecule has 4 aromatic rings. The largest absolute Gasteiger partial charge is 0.416 e. The lowest BCUT2D eigenvalue weighted by Gasteiger charge is -2.21. The third-order valence-corrected chi connectivity index (χ3v) is 6.53. The van der Waals surface area contributed by atoms with Crippen LogP contribution >= 0.6 is 22.9 Å². The predicted molar refractivity (Wildman–Crippen MR) is 136 cm³/mol. The highest BCUT2D eigenvalue weighted by molar-refractivity contribution is 7.09. The van der Waals surface area contributed by atoms with Crippen LogP contribution in [0.2, 0.25) is 5.02 Å². The van der Waals surface area contributed by atoms with Crippen molar-refractivity contribution in [3.8, 4) is 0 Å². The fraction of sp³-hybridized carbons (Fsp3) is 0.185. The number of rotatable bonds is 9. The molecule has 1 aromatic heterocycles. The van der Waals surface area contributed by atoms with Gasteiger partial charge in [0.25, 0.3) is 5.91 Å². The minimum Gasteiger partial charge on any atom is -0.347 e. The summed E-state index contributed by atoms with van der Waals surface area (Å²) in [6.07, 6.45) is -4.45. The lowest BCUT2D eigenvalue weighted by Crippen LogP contribution is -2.24. The second kappa shape index (κ2) is 11.9. The molecule has 4 nitrogen and oxygen atoms in total. The van der Waals surface area contributed by atoms with Crippen LogP contribution in [-0.2, 0) is 32.4 Å². The number of carbonyl (C=O) groups excluding carboxylic acids is 1. The lowest BCUT2D eigenvalue weighted by atomic mass is 10.1. The van der Waals surface area contributed by atoms with Gasteiger partial charge in [-0.2, -0.15) is 13.2 Å². The van der Waals surface area contributed by atoms with Gasteiger partial charge in [-0.15, -0.1) is 11.3 Å². The minimum absolute atomic E-state index is 0.0545. The number of alkyl halides is 3. The summed E-state index contributed by atoms with van der Waals surface area (Å²) in [6, 6.07) is 18.5. The molecule has 1 heterocycles. The van der Waals surface area contributed by atoms with Crippen LogP contribution in [0.4, 0.5) is 17.6 Å². The van der Waals surface area contributed by atoms with Crippen molar-refractivity contribution in [1.82, 2.24) is 15.2 Å². The average Bonchev–Trinajstić information content (AvgIpc) is 3.32. The van der Waals surface area contributed by atoms with Crippen LogP contribution in [0, 0.1) is 5.82 Å². The van der Waals surface area contributed by atoms with E-state index >= 15 is 0 Å². The maximum absolute atomic E-state index is 13.4. The number of hydrogen-bond donors (Lipinski definition) is 1. The highest BCUT2D eigenvalue weighted by Gasteiger charge is 2.30. The topological polar surface area (TPSA) is 45.2 Å². The van der Waals surface area contributed by atoms with Gasteiger partial charge in [-0.3, -0.25) is 9.69 Å². The van der Waals surface area contributed by atoms with Gasteiger partial charge in [0.1, 0.15) is 16.5 Å². The highest BCUT2D eigenvalue weighted by atomic mass is 35.5. The van der Waals surface area contributed by atoms with E-state index in [-0.39, 0.29) is 18.1 Å². The Labute approximate surface area is 220 Å². The van der Waals surface area contributed by atoms with Crippen molar-refractivity contribution in [2.45, 2.75) is 32.4 Å². The Morgan fingerprint density at radius 2 is 1.62 bits per heavy atom. The van der Waals surface area contributed by atoms with Crippen LogP contribution in [-0.4, -0.2) is 15.8 Å². The van der Waals surface area contributed by atoms with E-state index in [1.54, 1.807) is 23.6 Å². The number of halogens is 5. The molecule has 0 spiro atoms. The molecule has 0 aliphatic carbocycles. The van der Waals surface area contributed by atoms with Gasteiger partial charge in [0.15, 0.2) is 0 Å². The average molecular weight is 548 g/mol. The van der Waals surface area contributed by atoms with Crippen molar-refractivity contribution in [3.05, 3.63) is 122 Å². The quantitative estimate of drug-likeness (QED) is 0.228. The molecular weight excluding hydrogens is 526 g/mol. The fourth-order valence-corrected chi connectivity index (χ4v) is 4.75. The molecule has 0 aliphatic rings. The Morgan fingerprint density at radius 3 is 2.35 bits per heavy atom. The van der Waals surface area contributed by atoms with Crippen LogP contribution in [0.3, 0.4) is 0 Å². The molecule has 0 aliphatic heterocycles. The zero-order valence-electron chi connectivity index (χ0n) is 19.4. The molecule has 0 radical (unpaired) electrons. The first kappa shape index (κ1) is 26.8. The summed E-state index contributed by atoms with van der Waals surface area (Å²) >= 11 is 7.45. The number of aromatic nitrogens is 1. The Morgan fingerprint density at radius 1 is 0.919 bits per heavy atom. The van der Waals surface area contributed by atoms with Crippen LogP contribution in [0.5, 0.6) is 0 Å². The zero-order chi connectivity index (χ0) is 26.4. The second-order valence-corrected chi connectivity index (χ2v) is 9.79. The van der Waals surface area contributed by atoms with Crippen molar-refractivity contribution >= 4 is 28.8 Å². The molecule has 0 bridgehead atoms. The van der Waals surface area contributed by atoms with Gasteiger partial charge in [-0.1, -0.05) is 48.0 Å². The molecule has 3 aromatic carbocycles. The Hall–Kier alpha value is -3.27. The molecule has 0 atom stereocenters. The van der Waals surface area contributed by atoms with Crippen molar-refractivity contribution in [2.75, 3.05) is 0 Å². The van der Waals surface area contributed by atoms with E-state index in [2.05, 4.69) is 15.2 Å². The number of nitrogens with zero attached hydrogens (tertiary/aromatic N) is 2. The van der Waals surface area contributed by atoms with Gasteiger partial charge in [-0.05, 0) is 53.1 Å². The molecular formula is C27H22ClF4N3OS. The second-order valence-electron chi connectivity index (χ2n) is 8.41. The number of benzene rings is 3. The van der Waals surface area contributed by atoms with Crippen LogP contribution in [0.1, 0.15) is 37.7 Å². The molecule has 37 heavy (non-hydrogen) atoms. The van der Waals surface area contributed by atoms with Crippen molar-refractivity contribution < 1.29 is 22.4 Å². The molecule has 1 N–H and O–H groups in total. The van der Waals surface area contributed by atoms with Crippen LogP contribution in [0.15, 0.2) is 78.2 Å². The third kappa shape index (κ3) is 7.85. The van der Waals surface area contributed by atoms with E-state index in [0.717, 1.165) is 23.3 Å². The SMILES string of the molecule is O=C(NCc1cccc(C(F)(F)F)c1)c1csc(CN(Cc2ccc(F)cc2)Cc2cccc(Cl)c2)n1. The first-order chi connectivity index (χ1) is 17.7. The number of hydrogen-bond acceptors (Lipinski definition) is 4. The minimum atomic E-state index is -4.45. The van der Waals surface area contributed by atoms with Crippen molar-refractivity contribution in [2.24, 2.45) is 0 Å². The van der Waals surface area contributed by atoms with E-state index in [4.69, 9.17) is 11.6 Å². The summed E-state index contributed by atoms with van der Waals surface area (Å²) in [6.45, 7) is 1.44. The zero-order valence-corrected chi connectivity index (χ0v) is 21.0. The smallest absolute Gasteiger partial charge is 0.347 e. The molecule has 4 rings (SSSR count). The molecule has 10 heteroatoms. The summed E-state index contributed by atoms with van der Waals surface area (Å²) in [5.74, 6) is -0.786. The van der Waals surface area contributed by atoms with Crippen LogP contribution < -0.4 is 5.32 Å². The standard InChI is InChI=1S/C27H22ClF4N3OS/c28-22-6-2-4-20(12-22)15-35(14-18-7-9-23(29)10-8-18)16-25-34-24(17-37-25)26(36)33-13-19-3-1-5-21(11-19)27(30,31)32/h1-12,17H,13-16H2,(H,33,36). The molecule has 0 fully saturated rings. The summed E-state index contributed by atoms with van der Waals surface area (Å²) < 4.78 is 52.1. The predicted octanol–water partition coefficient (Wildman–Crippen LogP) is 7.09. The van der Waals surface area contributed by atoms with Crippen LogP contribution in [0.25, 0.3) is 0 Å². The number of thiazole rings is 1. The maximum atomic E-state index is 13.4. The molecule has 0 unspecified atom stereocenters. The third-order valence-electron chi connectivity index (χ3n) is 5.47. The van der Waals surface area contributed by atoms with E-state index in [9.17, 15) is 22.4 Å². The Kier molecular flexibility index (Phi) is 8.58. The van der Waals surface area contributed by atoms with E-state index in [0.29, 0.717) is 35.2 Å².